The standard InChI is InChI=1S/C8H8.C7H10O2/c1-2-8-6-4-3-5-7-8;1-3-5-6-9-7(8)4-2/h2-7H,1H2;3-5H,2,6H2,1H3. The van der Waals surface area contributed by atoms with Crippen molar-refractivity contribution in [2.75, 3.05) is 6.61 Å². The van der Waals surface area contributed by atoms with Gasteiger partial charge < -0.3 is 4.74 Å². The molecule has 2 nitrogen and oxygen atoms in total. The van der Waals surface area contributed by atoms with Gasteiger partial charge in [0.05, 0.1) is 0 Å². The highest BCUT2D eigenvalue weighted by Gasteiger charge is 1.88. The maximum absolute atomic E-state index is 10.3. The Labute approximate surface area is 103 Å². The largest absolute Gasteiger partial charge is 0.458 e. The molecule has 1 aromatic rings. The number of rotatable bonds is 4. The summed E-state index contributed by atoms with van der Waals surface area (Å²) in [6, 6.07) is 10.0. The van der Waals surface area contributed by atoms with E-state index >= 15 is 0 Å². The van der Waals surface area contributed by atoms with Crippen LogP contribution in [0, 0.1) is 0 Å². The second kappa shape index (κ2) is 10.4. The fourth-order valence-corrected chi connectivity index (χ4v) is 0.875. The van der Waals surface area contributed by atoms with Crippen molar-refractivity contribution in [1.29, 1.82) is 0 Å². The van der Waals surface area contributed by atoms with Gasteiger partial charge in [0.15, 0.2) is 0 Å². The molecular weight excluding hydrogens is 212 g/mol. The van der Waals surface area contributed by atoms with Gasteiger partial charge in [0.2, 0.25) is 0 Å². The Morgan fingerprint density at radius 2 is 1.94 bits per heavy atom. The highest BCUT2D eigenvalue weighted by Crippen LogP contribution is 1.97. The van der Waals surface area contributed by atoms with Gasteiger partial charge in [-0.3, -0.25) is 0 Å². The summed E-state index contributed by atoms with van der Waals surface area (Å²) in [5, 5.41) is 0. The highest BCUT2D eigenvalue weighted by molar-refractivity contribution is 5.81. The first-order valence-corrected chi connectivity index (χ1v) is 5.32. The maximum Gasteiger partial charge on any atom is 0.330 e. The van der Waals surface area contributed by atoms with Crippen molar-refractivity contribution >= 4 is 12.0 Å². The van der Waals surface area contributed by atoms with Gasteiger partial charge in [-0.15, -0.1) is 0 Å². The number of ether oxygens (including phenoxy) is 1. The first-order chi connectivity index (χ1) is 8.24. The average molecular weight is 230 g/mol. The van der Waals surface area contributed by atoms with Gasteiger partial charge in [0.25, 0.3) is 0 Å². The van der Waals surface area contributed by atoms with E-state index in [1.54, 1.807) is 6.08 Å². The third-order valence-corrected chi connectivity index (χ3v) is 1.76. The smallest absolute Gasteiger partial charge is 0.330 e. The van der Waals surface area contributed by atoms with Crippen molar-refractivity contribution in [1.82, 2.24) is 0 Å². The summed E-state index contributed by atoms with van der Waals surface area (Å²) < 4.78 is 4.59. The van der Waals surface area contributed by atoms with E-state index in [4.69, 9.17) is 0 Å². The van der Waals surface area contributed by atoms with E-state index in [-0.39, 0.29) is 5.97 Å². The zero-order chi connectivity index (χ0) is 12.9. The van der Waals surface area contributed by atoms with Crippen molar-refractivity contribution in [2.24, 2.45) is 0 Å². The monoisotopic (exact) mass is 230 g/mol. The van der Waals surface area contributed by atoms with Crippen LogP contribution in [-0.2, 0) is 9.53 Å². The molecule has 0 atom stereocenters. The van der Waals surface area contributed by atoms with E-state index < -0.39 is 0 Å². The molecule has 1 rings (SSSR count). The van der Waals surface area contributed by atoms with E-state index in [0.29, 0.717) is 6.61 Å². The second-order valence-corrected chi connectivity index (χ2v) is 3.02. The van der Waals surface area contributed by atoms with Gasteiger partial charge >= 0.3 is 5.97 Å². The Balaban J connectivity index is 0.000000302. The van der Waals surface area contributed by atoms with Crippen molar-refractivity contribution in [3.05, 3.63) is 67.3 Å². The number of hydrogen-bond acceptors (Lipinski definition) is 2. The lowest BCUT2D eigenvalue weighted by Crippen LogP contribution is -1.98. The van der Waals surface area contributed by atoms with Crippen LogP contribution in [0.25, 0.3) is 6.08 Å². The number of carbonyl (C=O) groups is 1. The van der Waals surface area contributed by atoms with E-state index in [0.717, 1.165) is 6.08 Å². The molecule has 0 aliphatic carbocycles. The van der Waals surface area contributed by atoms with Crippen LogP contribution in [0.4, 0.5) is 0 Å². The molecule has 0 spiro atoms. The molecule has 0 aliphatic heterocycles. The lowest BCUT2D eigenvalue weighted by molar-refractivity contribution is -0.136. The topological polar surface area (TPSA) is 26.3 Å². The molecule has 0 heterocycles. The third kappa shape index (κ3) is 8.88. The molecule has 0 amide bonds. The zero-order valence-electron chi connectivity index (χ0n) is 10.1. The van der Waals surface area contributed by atoms with Gasteiger partial charge in [0, 0.05) is 6.08 Å². The number of carbonyl (C=O) groups excluding carboxylic acids is 1. The molecule has 0 bridgehead atoms. The fraction of sp³-hybridized carbons (Fsp3) is 0.133. The van der Waals surface area contributed by atoms with Crippen LogP contribution >= 0.6 is 0 Å². The molecule has 0 aromatic heterocycles. The SMILES string of the molecule is C=CC(=O)OCC=CC.C=Cc1ccccc1. The van der Waals surface area contributed by atoms with Gasteiger partial charge in [-0.2, -0.15) is 0 Å². The van der Waals surface area contributed by atoms with Crippen molar-refractivity contribution in [3.63, 3.8) is 0 Å². The number of hydrogen-bond donors (Lipinski definition) is 0. The van der Waals surface area contributed by atoms with Crippen LogP contribution in [0.15, 0.2) is 61.7 Å². The van der Waals surface area contributed by atoms with Gasteiger partial charge in [-0.25, -0.2) is 4.79 Å². The zero-order valence-corrected chi connectivity index (χ0v) is 10.1. The lowest BCUT2D eigenvalue weighted by atomic mass is 10.2. The van der Waals surface area contributed by atoms with Gasteiger partial charge in [-0.1, -0.05) is 61.7 Å². The van der Waals surface area contributed by atoms with E-state index in [1.807, 2.05) is 49.4 Å². The summed E-state index contributed by atoms with van der Waals surface area (Å²) in [6.45, 7) is 9.07. The Hall–Kier alpha value is -2.09. The third-order valence-electron chi connectivity index (χ3n) is 1.76. The number of allylic oxidation sites excluding steroid dienone is 1. The molecule has 0 saturated heterocycles. The van der Waals surface area contributed by atoms with Crippen molar-refractivity contribution in [3.8, 4) is 0 Å². The molecule has 17 heavy (non-hydrogen) atoms. The van der Waals surface area contributed by atoms with Crippen LogP contribution in [0.3, 0.4) is 0 Å². The van der Waals surface area contributed by atoms with Crippen molar-refractivity contribution < 1.29 is 9.53 Å². The molecule has 0 saturated carbocycles. The summed E-state index contributed by atoms with van der Waals surface area (Å²) >= 11 is 0. The molecule has 0 aliphatic rings. The maximum atomic E-state index is 10.3. The van der Waals surface area contributed by atoms with E-state index in [2.05, 4.69) is 17.9 Å². The van der Waals surface area contributed by atoms with Crippen LogP contribution in [0.1, 0.15) is 12.5 Å². The Bertz CT molecular complexity index is 364. The first kappa shape index (κ1) is 14.9. The lowest BCUT2D eigenvalue weighted by Gasteiger charge is -1.93. The van der Waals surface area contributed by atoms with Crippen LogP contribution < -0.4 is 0 Å². The predicted octanol–water partition coefficient (Wildman–Crippen LogP) is 3.62. The van der Waals surface area contributed by atoms with Crippen LogP contribution in [0.5, 0.6) is 0 Å². The van der Waals surface area contributed by atoms with Gasteiger partial charge in [-0.05, 0) is 12.5 Å². The van der Waals surface area contributed by atoms with Crippen molar-refractivity contribution in [2.45, 2.75) is 6.92 Å². The molecule has 90 valence electrons. The van der Waals surface area contributed by atoms with Crippen LogP contribution in [0.2, 0.25) is 0 Å². The summed E-state index contributed by atoms with van der Waals surface area (Å²) in [4.78, 5) is 10.3. The fourth-order valence-electron chi connectivity index (χ4n) is 0.875. The minimum atomic E-state index is -0.381. The van der Waals surface area contributed by atoms with E-state index in [1.165, 1.54) is 5.56 Å². The Morgan fingerprint density at radius 3 is 2.35 bits per heavy atom. The minimum absolute atomic E-state index is 0.335. The number of benzene rings is 1. The first-order valence-electron chi connectivity index (χ1n) is 5.32. The normalized spacial score (nSPS) is 9.00. The molecular formula is C15H18O2. The Morgan fingerprint density at radius 1 is 1.29 bits per heavy atom. The highest BCUT2D eigenvalue weighted by atomic mass is 16.5. The molecule has 0 unspecified atom stereocenters. The Kier molecular flexibility index (Phi) is 9.15. The molecule has 0 N–H and O–H groups in total. The minimum Gasteiger partial charge on any atom is -0.458 e. The quantitative estimate of drug-likeness (QED) is 0.448. The van der Waals surface area contributed by atoms with E-state index in [9.17, 15) is 4.79 Å². The summed E-state index contributed by atoms with van der Waals surface area (Å²) in [7, 11) is 0. The summed E-state index contributed by atoms with van der Waals surface area (Å²) in [5.41, 5.74) is 1.17. The summed E-state index contributed by atoms with van der Waals surface area (Å²) in [5.74, 6) is -0.381. The molecule has 2 heteroatoms. The van der Waals surface area contributed by atoms with Gasteiger partial charge in [0.1, 0.15) is 6.61 Å². The molecule has 0 radical (unpaired) electrons. The number of esters is 1. The molecule has 1 aromatic carbocycles. The average Bonchev–Trinajstić information content (AvgIpc) is 2.40. The van der Waals surface area contributed by atoms with Crippen LogP contribution in [-0.4, -0.2) is 12.6 Å². The summed E-state index contributed by atoms with van der Waals surface area (Å²) in [6.07, 6.45) is 6.54. The molecule has 0 fully saturated rings. The predicted molar refractivity (Wildman–Crippen MR) is 72.5 cm³/mol. The second-order valence-electron chi connectivity index (χ2n) is 3.02.